The number of carbonyl (C=O) groups excluding carboxylic acids is 1. The smallest absolute Gasteiger partial charge is 0.341 e. The fraction of sp³-hybridized carbons (Fsp3) is 0.381. The molecule has 1 aliphatic rings. The van der Waals surface area contributed by atoms with Gasteiger partial charge in [0.1, 0.15) is 6.54 Å². The van der Waals surface area contributed by atoms with Gasteiger partial charge in [-0.15, -0.1) is 0 Å². The topological polar surface area (TPSA) is 83.7 Å². The normalized spacial score (nSPS) is 17.3. The van der Waals surface area contributed by atoms with Crippen molar-refractivity contribution in [1.29, 1.82) is 0 Å². The van der Waals surface area contributed by atoms with Crippen molar-refractivity contribution in [3.05, 3.63) is 59.1 Å². The van der Waals surface area contributed by atoms with Gasteiger partial charge in [-0.25, -0.2) is 8.42 Å². The van der Waals surface area contributed by atoms with E-state index in [0.29, 0.717) is 36.4 Å². The van der Waals surface area contributed by atoms with Crippen LogP contribution in [0.1, 0.15) is 18.4 Å². The summed E-state index contributed by atoms with van der Waals surface area (Å²) in [6, 6.07) is 9.56. The number of alkyl halides is 3. The highest BCUT2D eigenvalue weighted by Crippen LogP contribution is 2.37. The lowest BCUT2D eigenvalue weighted by Crippen LogP contribution is -2.47. The van der Waals surface area contributed by atoms with E-state index in [-0.39, 0.29) is 15.8 Å². The maximum Gasteiger partial charge on any atom is 0.416 e. The first-order chi connectivity index (χ1) is 15.0. The number of nitrogens with zero attached hydrogens (tertiary/aromatic N) is 2. The van der Waals surface area contributed by atoms with Crippen molar-refractivity contribution >= 4 is 33.2 Å². The van der Waals surface area contributed by atoms with Crippen LogP contribution in [-0.4, -0.2) is 45.4 Å². The first kappa shape index (κ1) is 24.3. The van der Waals surface area contributed by atoms with Crippen LogP contribution < -0.4 is 10.0 Å². The molecule has 32 heavy (non-hydrogen) atoms. The highest BCUT2D eigenvalue weighted by Gasteiger charge is 2.35. The molecule has 1 fully saturated rings. The third kappa shape index (κ3) is 5.36. The van der Waals surface area contributed by atoms with Gasteiger partial charge < -0.3 is 10.6 Å². The van der Waals surface area contributed by atoms with Crippen LogP contribution in [0.15, 0.2) is 53.4 Å². The van der Waals surface area contributed by atoms with Crippen LogP contribution in [0.25, 0.3) is 0 Å². The third-order valence-electron chi connectivity index (χ3n) is 5.36. The van der Waals surface area contributed by atoms with E-state index in [2.05, 4.69) is 0 Å². The molecule has 6 nitrogen and oxygen atoms in total. The number of halogens is 4. The molecule has 0 spiro atoms. The molecule has 0 radical (unpaired) electrons. The summed E-state index contributed by atoms with van der Waals surface area (Å²) in [6.45, 7) is 0.487. The Hall–Kier alpha value is -2.30. The molecule has 1 heterocycles. The maximum atomic E-state index is 13.4. The summed E-state index contributed by atoms with van der Waals surface area (Å²) in [5.41, 5.74) is 4.23. The molecule has 2 aromatic carbocycles. The Balaban J connectivity index is 2.04. The van der Waals surface area contributed by atoms with E-state index in [1.165, 1.54) is 29.2 Å². The highest BCUT2D eigenvalue weighted by molar-refractivity contribution is 7.92. The number of nitrogens with two attached hydrogens (primary N) is 1. The molecule has 0 aromatic heterocycles. The summed E-state index contributed by atoms with van der Waals surface area (Å²) in [4.78, 5) is 14.4. The molecule has 1 amide bonds. The number of sulfonamides is 1. The van der Waals surface area contributed by atoms with Gasteiger partial charge in [0.15, 0.2) is 0 Å². The van der Waals surface area contributed by atoms with Crippen molar-refractivity contribution in [2.75, 3.05) is 30.5 Å². The summed E-state index contributed by atoms with van der Waals surface area (Å²) >= 11 is 6.13. The van der Waals surface area contributed by atoms with Gasteiger partial charge in [-0.1, -0.05) is 29.8 Å². The molecule has 0 saturated carbocycles. The first-order valence-corrected chi connectivity index (χ1v) is 11.8. The zero-order chi connectivity index (χ0) is 23.5. The Kier molecular flexibility index (Phi) is 7.36. The number of amides is 1. The average Bonchev–Trinajstić information content (AvgIpc) is 2.77. The molecular formula is C21H23ClF3N3O3S. The van der Waals surface area contributed by atoms with Crippen molar-refractivity contribution < 1.29 is 26.4 Å². The molecule has 174 valence electrons. The Labute approximate surface area is 189 Å². The molecule has 0 aliphatic carbocycles. The second kappa shape index (κ2) is 9.68. The summed E-state index contributed by atoms with van der Waals surface area (Å²) in [6.07, 6.45) is -3.15. The molecule has 11 heteroatoms. The quantitative estimate of drug-likeness (QED) is 0.669. The minimum atomic E-state index is -4.72. The van der Waals surface area contributed by atoms with E-state index in [1.807, 2.05) is 0 Å². The summed E-state index contributed by atoms with van der Waals surface area (Å²) < 4.78 is 67.4. The van der Waals surface area contributed by atoms with Gasteiger partial charge in [0.25, 0.3) is 10.0 Å². The van der Waals surface area contributed by atoms with Gasteiger partial charge in [0.2, 0.25) is 5.91 Å². The SMILES string of the molecule is NCC1CCCN(C(=O)CN(c2cc(C(F)(F)F)ccc2Cl)S(=O)(=O)c2ccccc2)C1. The Morgan fingerprint density at radius 3 is 2.50 bits per heavy atom. The Morgan fingerprint density at radius 2 is 1.88 bits per heavy atom. The molecule has 1 saturated heterocycles. The average molecular weight is 490 g/mol. The second-order valence-corrected chi connectivity index (χ2v) is 9.84. The molecule has 1 unspecified atom stereocenters. The molecular weight excluding hydrogens is 467 g/mol. The van der Waals surface area contributed by atoms with Crippen molar-refractivity contribution in [3.8, 4) is 0 Å². The fourth-order valence-electron chi connectivity index (χ4n) is 3.61. The summed E-state index contributed by atoms with van der Waals surface area (Å²) in [7, 11) is -4.38. The number of benzene rings is 2. The molecule has 2 N–H and O–H groups in total. The van der Waals surface area contributed by atoms with Crippen molar-refractivity contribution in [3.63, 3.8) is 0 Å². The number of anilines is 1. The van der Waals surface area contributed by atoms with Crippen LogP contribution in [0.4, 0.5) is 18.9 Å². The van der Waals surface area contributed by atoms with Crippen LogP contribution in [0.2, 0.25) is 5.02 Å². The zero-order valence-electron chi connectivity index (χ0n) is 17.1. The van der Waals surface area contributed by atoms with Crippen molar-refractivity contribution in [1.82, 2.24) is 4.90 Å². The molecule has 0 bridgehead atoms. The van der Waals surface area contributed by atoms with E-state index in [9.17, 15) is 26.4 Å². The van der Waals surface area contributed by atoms with Gasteiger partial charge >= 0.3 is 6.18 Å². The molecule has 1 atom stereocenters. The van der Waals surface area contributed by atoms with Gasteiger partial charge in [0.05, 0.1) is 21.2 Å². The van der Waals surface area contributed by atoms with Crippen LogP contribution in [0.3, 0.4) is 0 Å². The minimum absolute atomic E-state index is 0.0871. The standard InChI is InChI=1S/C21H23ClF3N3O3S/c22-18-9-8-16(21(23,24)25)11-19(18)28(32(30,31)17-6-2-1-3-7-17)14-20(29)27-10-4-5-15(12-26)13-27/h1-3,6-9,11,15H,4-5,10,12-14,26H2. The first-order valence-electron chi connectivity index (χ1n) is 9.96. The lowest BCUT2D eigenvalue weighted by Gasteiger charge is -2.34. The lowest BCUT2D eigenvalue weighted by atomic mass is 9.98. The van der Waals surface area contributed by atoms with Gasteiger partial charge in [0, 0.05) is 13.1 Å². The van der Waals surface area contributed by atoms with Gasteiger partial charge in [-0.05, 0) is 55.6 Å². The third-order valence-corrected chi connectivity index (χ3v) is 7.45. The van der Waals surface area contributed by atoms with Crippen LogP contribution in [0.5, 0.6) is 0 Å². The van der Waals surface area contributed by atoms with E-state index in [4.69, 9.17) is 17.3 Å². The number of hydrogen-bond acceptors (Lipinski definition) is 4. The van der Waals surface area contributed by atoms with Crippen LogP contribution >= 0.6 is 11.6 Å². The zero-order valence-corrected chi connectivity index (χ0v) is 18.6. The predicted octanol–water partition coefficient (Wildman–Crippen LogP) is 3.75. The minimum Gasteiger partial charge on any atom is -0.341 e. The van der Waals surface area contributed by atoms with Crippen molar-refractivity contribution in [2.24, 2.45) is 11.7 Å². The predicted molar refractivity (Wildman–Crippen MR) is 116 cm³/mol. The monoisotopic (exact) mass is 489 g/mol. The molecule has 1 aliphatic heterocycles. The maximum absolute atomic E-state index is 13.4. The number of piperidine rings is 1. The number of rotatable bonds is 6. The van der Waals surface area contributed by atoms with Crippen LogP contribution in [0, 0.1) is 5.92 Å². The fourth-order valence-corrected chi connectivity index (χ4v) is 5.32. The Bertz CT molecular complexity index is 1060. The summed E-state index contributed by atoms with van der Waals surface area (Å²) in [5, 5.41) is -0.219. The number of carbonyl (C=O) groups is 1. The second-order valence-electron chi connectivity index (χ2n) is 7.57. The van der Waals surface area contributed by atoms with E-state index >= 15 is 0 Å². The van der Waals surface area contributed by atoms with Gasteiger partial charge in [-0.2, -0.15) is 13.2 Å². The summed E-state index contributed by atoms with van der Waals surface area (Å²) in [5.74, 6) is -0.444. The lowest BCUT2D eigenvalue weighted by molar-refractivity contribution is -0.137. The van der Waals surface area contributed by atoms with E-state index in [1.54, 1.807) is 6.07 Å². The largest absolute Gasteiger partial charge is 0.416 e. The van der Waals surface area contributed by atoms with Crippen LogP contribution in [-0.2, 0) is 21.0 Å². The Morgan fingerprint density at radius 1 is 1.19 bits per heavy atom. The molecule has 2 aromatic rings. The van der Waals surface area contributed by atoms with E-state index < -0.39 is 39.9 Å². The van der Waals surface area contributed by atoms with Gasteiger partial charge in [-0.3, -0.25) is 9.10 Å². The van der Waals surface area contributed by atoms with E-state index in [0.717, 1.165) is 18.6 Å². The number of likely N-dealkylation sites (tertiary alicyclic amines) is 1. The number of hydrogen-bond donors (Lipinski definition) is 1. The highest BCUT2D eigenvalue weighted by atomic mass is 35.5. The molecule has 3 rings (SSSR count). The van der Waals surface area contributed by atoms with Crippen molar-refractivity contribution in [2.45, 2.75) is 23.9 Å².